The number of hydrogen-bond acceptors (Lipinski definition) is 4. The molecule has 0 aliphatic heterocycles. The Kier molecular flexibility index (Phi) is 6.33. The number of nitrogens with zero attached hydrogens (tertiary/aromatic N) is 2. The lowest BCUT2D eigenvalue weighted by Gasteiger charge is -2.13. The molecule has 0 saturated heterocycles. The zero-order valence-electron chi connectivity index (χ0n) is 13.2. The Morgan fingerprint density at radius 2 is 2.05 bits per heavy atom. The molecule has 0 saturated carbocycles. The van der Waals surface area contributed by atoms with Crippen molar-refractivity contribution < 1.29 is 0 Å². The van der Waals surface area contributed by atoms with Gasteiger partial charge in [-0.25, -0.2) is 4.98 Å². The number of nitrogens with one attached hydrogen (secondary N) is 1. The number of anilines is 1. The van der Waals surface area contributed by atoms with Crippen LogP contribution in [-0.2, 0) is 5.75 Å². The summed E-state index contributed by atoms with van der Waals surface area (Å²) in [6.45, 7) is 4.27. The van der Waals surface area contributed by atoms with Crippen LogP contribution in [0.5, 0.6) is 0 Å². The molecule has 3 nitrogen and oxygen atoms in total. The molecule has 0 aliphatic carbocycles. The Balaban J connectivity index is 2.13. The predicted octanol–water partition coefficient (Wildman–Crippen LogP) is 3.85. The van der Waals surface area contributed by atoms with E-state index >= 15 is 0 Å². The highest BCUT2D eigenvalue weighted by Gasteiger charge is 2.06. The molecule has 0 bridgehead atoms. The van der Waals surface area contributed by atoms with E-state index in [4.69, 9.17) is 4.98 Å². The number of fused-ring (bicyclic) bond motifs is 1. The molecule has 0 spiro atoms. The summed E-state index contributed by atoms with van der Waals surface area (Å²) >= 11 is 1.97. The second-order valence-electron chi connectivity index (χ2n) is 5.47. The van der Waals surface area contributed by atoms with Crippen molar-refractivity contribution in [3.05, 3.63) is 35.9 Å². The van der Waals surface area contributed by atoms with Crippen molar-refractivity contribution in [2.24, 2.45) is 0 Å². The first-order chi connectivity index (χ1) is 10.2. The van der Waals surface area contributed by atoms with Crippen LogP contribution in [0.2, 0.25) is 0 Å². The van der Waals surface area contributed by atoms with Crippen molar-refractivity contribution in [2.45, 2.75) is 19.1 Å². The molecule has 1 aromatic heterocycles. The topological polar surface area (TPSA) is 28.2 Å². The van der Waals surface area contributed by atoms with Crippen LogP contribution in [-0.4, -0.2) is 42.8 Å². The Labute approximate surface area is 132 Å². The fourth-order valence-corrected chi connectivity index (χ4v) is 3.17. The fourth-order valence-electron chi connectivity index (χ4n) is 2.10. The van der Waals surface area contributed by atoms with E-state index in [1.54, 1.807) is 0 Å². The molecule has 0 aliphatic rings. The molecule has 1 N–H and O–H groups in total. The average Bonchev–Trinajstić information content (AvgIpc) is 2.49. The van der Waals surface area contributed by atoms with E-state index in [9.17, 15) is 0 Å². The zero-order valence-corrected chi connectivity index (χ0v) is 14.0. The van der Waals surface area contributed by atoms with Gasteiger partial charge in [-0.2, -0.15) is 11.8 Å². The quantitative estimate of drug-likeness (QED) is 0.750. The molecule has 0 fully saturated rings. The Morgan fingerprint density at radius 3 is 2.81 bits per heavy atom. The smallest absolute Gasteiger partial charge is 0.130 e. The Hall–Kier alpha value is -1.26. The summed E-state index contributed by atoms with van der Waals surface area (Å²) in [7, 11) is 4.23. The molecule has 21 heavy (non-hydrogen) atoms. The van der Waals surface area contributed by atoms with Gasteiger partial charge in [0.1, 0.15) is 5.82 Å². The van der Waals surface area contributed by atoms with Crippen molar-refractivity contribution in [1.82, 2.24) is 9.88 Å². The van der Waals surface area contributed by atoms with Crippen molar-refractivity contribution in [3.8, 4) is 0 Å². The minimum atomic E-state index is 0.973. The number of pyridine rings is 1. The van der Waals surface area contributed by atoms with E-state index < -0.39 is 0 Å². The first-order valence-corrected chi connectivity index (χ1v) is 8.71. The normalized spacial score (nSPS) is 11.2. The maximum Gasteiger partial charge on any atom is 0.130 e. The van der Waals surface area contributed by atoms with Gasteiger partial charge in [0.25, 0.3) is 0 Å². The third kappa shape index (κ3) is 4.90. The Morgan fingerprint density at radius 1 is 1.24 bits per heavy atom. The SMILES string of the molecule is CCCNc1nc2ccccc2cc1CSCCN(C)C. The number of benzene rings is 1. The largest absolute Gasteiger partial charge is 0.370 e. The van der Waals surface area contributed by atoms with Gasteiger partial charge < -0.3 is 10.2 Å². The molecule has 2 aromatic rings. The molecule has 0 radical (unpaired) electrons. The lowest BCUT2D eigenvalue weighted by Crippen LogP contribution is -2.15. The average molecular weight is 303 g/mol. The molecular weight excluding hydrogens is 278 g/mol. The summed E-state index contributed by atoms with van der Waals surface area (Å²) in [4.78, 5) is 7.02. The highest BCUT2D eigenvalue weighted by molar-refractivity contribution is 7.98. The lowest BCUT2D eigenvalue weighted by molar-refractivity contribution is 0.437. The summed E-state index contributed by atoms with van der Waals surface area (Å²) in [5.74, 6) is 3.21. The number of rotatable bonds is 8. The van der Waals surface area contributed by atoms with Crippen molar-refractivity contribution in [2.75, 3.05) is 38.3 Å². The molecule has 0 atom stereocenters. The number of para-hydroxylation sites is 1. The summed E-state index contributed by atoms with van der Waals surface area (Å²) in [5.41, 5.74) is 2.38. The van der Waals surface area contributed by atoms with Gasteiger partial charge in [0.2, 0.25) is 0 Å². The maximum absolute atomic E-state index is 4.79. The van der Waals surface area contributed by atoms with Crippen LogP contribution in [0.4, 0.5) is 5.82 Å². The van der Waals surface area contributed by atoms with Gasteiger partial charge in [0.15, 0.2) is 0 Å². The fraction of sp³-hybridized carbons (Fsp3) is 0.471. The van der Waals surface area contributed by atoms with Gasteiger partial charge in [0.05, 0.1) is 5.52 Å². The molecule has 1 heterocycles. The third-order valence-electron chi connectivity index (χ3n) is 3.29. The van der Waals surface area contributed by atoms with Gasteiger partial charge in [-0.15, -0.1) is 0 Å². The van der Waals surface area contributed by atoms with Gasteiger partial charge in [-0.05, 0) is 32.6 Å². The molecule has 4 heteroatoms. The van der Waals surface area contributed by atoms with E-state index in [0.29, 0.717) is 0 Å². The van der Waals surface area contributed by atoms with E-state index in [1.807, 2.05) is 17.8 Å². The minimum absolute atomic E-state index is 0.973. The summed E-state index contributed by atoms with van der Waals surface area (Å²) in [6.07, 6.45) is 1.11. The van der Waals surface area contributed by atoms with Crippen LogP contribution >= 0.6 is 11.8 Å². The first-order valence-electron chi connectivity index (χ1n) is 7.55. The standard InChI is InChI=1S/C17H25N3S/c1-4-9-18-17-15(13-21-11-10-20(2)3)12-14-7-5-6-8-16(14)19-17/h5-8,12H,4,9-11,13H2,1-3H3,(H,18,19). The molecule has 114 valence electrons. The minimum Gasteiger partial charge on any atom is -0.370 e. The first kappa shape index (κ1) is 16.1. The van der Waals surface area contributed by atoms with Gasteiger partial charge >= 0.3 is 0 Å². The van der Waals surface area contributed by atoms with E-state index in [-0.39, 0.29) is 0 Å². The lowest BCUT2D eigenvalue weighted by atomic mass is 10.1. The number of thioether (sulfide) groups is 1. The summed E-state index contributed by atoms with van der Waals surface area (Å²) < 4.78 is 0. The summed E-state index contributed by atoms with van der Waals surface area (Å²) in [5, 5.41) is 4.69. The monoisotopic (exact) mass is 303 g/mol. The molecular formula is C17H25N3S. The van der Waals surface area contributed by atoms with E-state index in [0.717, 1.165) is 42.4 Å². The van der Waals surface area contributed by atoms with Gasteiger partial charge in [0, 0.05) is 35.5 Å². The molecule has 2 rings (SSSR count). The zero-order chi connectivity index (χ0) is 15.1. The van der Waals surface area contributed by atoms with Crippen molar-refractivity contribution in [1.29, 1.82) is 0 Å². The van der Waals surface area contributed by atoms with Crippen LogP contribution in [0.25, 0.3) is 10.9 Å². The van der Waals surface area contributed by atoms with Gasteiger partial charge in [-0.1, -0.05) is 25.1 Å². The van der Waals surface area contributed by atoms with Crippen molar-refractivity contribution >= 4 is 28.5 Å². The second-order valence-corrected chi connectivity index (χ2v) is 6.58. The second kappa shape index (κ2) is 8.25. The summed E-state index contributed by atoms with van der Waals surface area (Å²) in [6, 6.07) is 10.6. The van der Waals surface area contributed by atoms with Crippen LogP contribution in [0.1, 0.15) is 18.9 Å². The van der Waals surface area contributed by atoms with Crippen LogP contribution in [0.3, 0.4) is 0 Å². The van der Waals surface area contributed by atoms with Crippen LogP contribution in [0, 0.1) is 0 Å². The maximum atomic E-state index is 4.79. The van der Waals surface area contributed by atoms with Gasteiger partial charge in [-0.3, -0.25) is 0 Å². The highest BCUT2D eigenvalue weighted by Crippen LogP contribution is 2.24. The van der Waals surface area contributed by atoms with Crippen molar-refractivity contribution in [3.63, 3.8) is 0 Å². The van der Waals surface area contributed by atoms with Crippen LogP contribution < -0.4 is 5.32 Å². The molecule has 1 aromatic carbocycles. The molecule has 0 unspecified atom stereocenters. The Bertz CT molecular complexity index is 569. The highest BCUT2D eigenvalue weighted by atomic mass is 32.2. The predicted molar refractivity (Wildman–Crippen MR) is 95.2 cm³/mol. The molecule has 0 amide bonds. The third-order valence-corrected chi connectivity index (χ3v) is 4.27. The van der Waals surface area contributed by atoms with Crippen LogP contribution in [0.15, 0.2) is 30.3 Å². The van der Waals surface area contributed by atoms with E-state index in [2.05, 4.69) is 55.5 Å². The number of hydrogen-bond donors (Lipinski definition) is 1. The van der Waals surface area contributed by atoms with E-state index in [1.165, 1.54) is 10.9 Å². The number of aromatic nitrogens is 1.